The molecule has 104 valence electrons. The first-order valence-corrected chi connectivity index (χ1v) is 8.53. The molecule has 2 rings (SSSR count). The van der Waals surface area contributed by atoms with Crippen LogP contribution in [0.3, 0.4) is 0 Å². The molecule has 0 fully saturated rings. The highest BCUT2D eigenvalue weighted by Gasteiger charge is 2.30. The van der Waals surface area contributed by atoms with Crippen LogP contribution in [0.15, 0.2) is 6.08 Å². The van der Waals surface area contributed by atoms with E-state index in [4.69, 9.17) is 32.5 Å². The molecule has 1 heterocycles. The number of hydrogen-bond acceptors (Lipinski definition) is 6. The lowest BCUT2D eigenvalue weighted by atomic mass is 9.93. The molecule has 1 unspecified atom stereocenters. The van der Waals surface area contributed by atoms with Gasteiger partial charge in [0, 0.05) is 15.7 Å². The van der Waals surface area contributed by atoms with Gasteiger partial charge in [0.25, 0.3) is 0 Å². The molecule has 9 heteroatoms. The van der Waals surface area contributed by atoms with Crippen LogP contribution in [0.5, 0.6) is 0 Å². The summed E-state index contributed by atoms with van der Waals surface area (Å²) in [6, 6.07) is 0. The van der Waals surface area contributed by atoms with Crippen molar-refractivity contribution < 1.29 is 19.1 Å². The van der Waals surface area contributed by atoms with Gasteiger partial charge in [-0.3, -0.25) is 4.57 Å². The van der Waals surface area contributed by atoms with Crippen molar-refractivity contribution in [1.82, 2.24) is 4.98 Å². The number of hydrogen-bond donors (Lipinski definition) is 3. The number of thiocarbonyl (C=S) groups is 1. The standard InChI is InChI=1S/C10H13N2O4PS2/c1-2-5-7(18)3-6(16-4-17(13,14)15)8-9(5)19-10(11)12-8/h3,5H,2,4H2,1H3,(H2,11,12)(H2,13,14,15). The summed E-state index contributed by atoms with van der Waals surface area (Å²) < 4.78 is 16.0. The van der Waals surface area contributed by atoms with Gasteiger partial charge in [-0.2, -0.15) is 0 Å². The van der Waals surface area contributed by atoms with Crippen molar-refractivity contribution in [3.05, 3.63) is 16.6 Å². The minimum Gasteiger partial charge on any atom is -0.479 e. The van der Waals surface area contributed by atoms with Crippen molar-refractivity contribution in [1.29, 1.82) is 0 Å². The molecular weight excluding hydrogens is 307 g/mol. The average molecular weight is 320 g/mol. The normalized spacial score (nSPS) is 19.0. The first kappa shape index (κ1) is 14.6. The van der Waals surface area contributed by atoms with Gasteiger partial charge in [0.15, 0.2) is 11.5 Å². The predicted molar refractivity (Wildman–Crippen MR) is 78.1 cm³/mol. The van der Waals surface area contributed by atoms with E-state index >= 15 is 0 Å². The van der Waals surface area contributed by atoms with E-state index in [-0.39, 0.29) is 11.7 Å². The molecule has 4 N–H and O–H groups in total. The minimum absolute atomic E-state index is 0.0576. The topological polar surface area (TPSA) is 106 Å². The molecule has 1 aromatic rings. The highest BCUT2D eigenvalue weighted by atomic mass is 32.1. The second kappa shape index (κ2) is 5.30. The number of allylic oxidation sites excluding steroid dienone is 1. The Kier molecular flexibility index (Phi) is 4.08. The Balaban J connectivity index is 2.34. The van der Waals surface area contributed by atoms with Crippen LogP contribution in [0.1, 0.15) is 29.8 Å². The molecule has 6 nitrogen and oxygen atoms in total. The molecule has 0 saturated carbocycles. The quantitative estimate of drug-likeness (QED) is 0.576. The van der Waals surface area contributed by atoms with Crippen molar-refractivity contribution in [3.8, 4) is 0 Å². The zero-order valence-corrected chi connectivity index (χ0v) is 12.6. The largest absolute Gasteiger partial charge is 0.479 e. The predicted octanol–water partition coefficient (Wildman–Crippen LogP) is 2.10. The molecule has 0 aromatic carbocycles. The SMILES string of the molecule is CCC1C(=S)C=C(OCP(=O)(O)O)c2nc(N)sc21. The van der Waals surface area contributed by atoms with Gasteiger partial charge in [-0.25, -0.2) is 4.98 Å². The van der Waals surface area contributed by atoms with Crippen LogP contribution in [0.25, 0.3) is 5.76 Å². The summed E-state index contributed by atoms with van der Waals surface area (Å²) in [5, 5.41) is 0.388. The molecule has 1 aliphatic rings. The van der Waals surface area contributed by atoms with Crippen molar-refractivity contribution in [2.75, 3.05) is 12.1 Å². The Hall–Kier alpha value is -0.790. The van der Waals surface area contributed by atoms with Crippen molar-refractivity contribution in [3.63, 3.8) is 0 Å². The highest BCUT2D eigenvalue weighted by Crippen LogP contribution is 2.42. The zero-order valence-electron chi connectivity index (χ0n) is 10.1. The number of ether oxygens (including phenoxy) is 1. The van der Waals surface area contributed by atoms with E-state index in [9.17, 15) is 4.57 Å². The van der Waals surface area contributed by atoms with Gasteiger partial charge >= 0.3 is 7.60 Å². The van der Waals surface area contributed by atoms with E-state index < -0.39 is 13.9 Å². The van der Waals surface area contributed by atoms with Gasteiger partial charge < -0.3 is 20.3 Å². The second-order valence-corrected chi connectivity index (χ2v) is 7.20. The summed E-state index contributed by atoms with van der Waals surface area (Å²) in [7, 11) is -4.24. The fraction of sp³-hybridized carbons (Fsp3) is 0.400. The van der Waals surface area contributed by atoms with E-state index in [0.717, 1.165) is 11.3 Å². The van der Waals surface area contributed by atoms with E-state index in [1.807, 2.05) is 6.92 Å². The minimum atomic E-state index is -4.24. The first-order valence-electron chi connectivity index (χ1n) is 5.51. The number of thiazole rings is 1. The summed E-state index contributed by atoms with van der Waals surface area (Å²) in [6.07, 6.45) is 1.71. The summed E-state index contributed by atoms with van der Waals surface area (Å²) in [5.74, 6) is 0.336. The maximum atomic E-state index is 10.9. The van der Waals surface area contributed by atoms with E-state index in [2.05, 4.69) is 4.98 Å². The smallest absolute Gasteiger partial charge is 0.362 e. The van der Waals surface area contributed by atoms with Crippen molar-refractivity contribution in [2.24, 2.45) is 0 Å². The van der Waals surface area contributed by atoms with Gasteiger partial charge in [0.1, 0.15) is 11.5 Å². The van der Waals surface area contributed by atoms with E-state index in [1.54, 1.807) is 6.08 Å². The maximum absolute atomic E-state index is 10.9. The lowest BCUT2D eigenvalue weighted by Crippen LogP contribution is -2.14. The van der Waals surface area contributed by atoms with Crippen LogP contribution in [0, 0.1) is 0 Å². The number of rotatable bonds is 4. The van der Waals surface area contributed by atoms with Gasteiger partial charge in [-0.1, -0.05) is 19.1 Å². The molecule has 0 radical (unpaired) electrons. The third-order valence-corrected chi connectivity index (χ3v) is 4.50. The summed E-state index contributed by atoms with van der Waals surface area (Å²) >= 11 is 6.61. The Bertz CT molecular complexity index is 592. The Labute approximate surface area is 119 Å². The number of fused-ring (bicyclic) bond motifs is 1. The number of nitrogens with zero attached hydrogens (tertiary/aromatic N) is 1. The second-order valence-electron chi connectivity index (χ2n) is 4.07. The zero-order chi connectivity index (χ0) is 14.2. The van der Waals surface area contributed by atoms with E-state index in [0.29, 0.717) is 15.7 Å². The summed E-state index contributed by atoms with van der Waals surface area (Å²) in [4.78, 5) is 23.4. The van der Waals surface area contributed by atoms with Gasteiger partial charge in [-0.15, -0.1) is 11.3 Å². The van der Waals surface area contributed by atoms with E-state index in [1.165, 1.54) is 11.3 Å². The number of aromatic nitrogens is 1. The third-order valence-electron chi connectivity index (χ3n) is 2.63. The van der Waals surface area contributed by atoms with Gasteiger partial charge in [0.05, 0.1) is 0 Å². The average Bonchev–Trinajstić information content (AvgIpc) is 2.66. The lowest BCUT2D eigenvalue weighted by Gasteiger charge is -2.21. The van der Waals surface area contributed by atoms with Crippen LogP contribution in [0.4, 0.5) is 5.13 Å². The first-order chi connectivity index (χ1) is 8.81. The molecule has 0 aliphatic heterocycles. The lowest BCUT2D eigenvalue weighted by molar-refractivity contribution is 0.276. The molecule has 1 aromatic heterocycles. The fourth-order valence-corrected chi connectivity index (χ4v) is 3.65. The Morgan fingerprint density at radius 2 is 2.32 bits per heavy atom. The van der Waals surface area contributed by atoms with Crippen molar-refractivity contribution >= 4 is 46.9 Å². The number of anilines is 1. The third kappa shape index (κ3) is 3.21. The van der Waals surface area contributed by atoms with Crippen LogP contribution in [-0.2, 0) is 9.30 Å². The number of nitrogens with two attached hydrogens (primary N) is 1. The van der Waals surface area contributed by atoms with Crippen LogP contribution >= 0.6 is 31.2 Å². The molecule has 0 saturated heterocycles. The summed E-state index contributed by atoms with van der Waals surface area (Å²) in [5.41, 5.74) is 6.23. The molecular formula is C10H13N2O4PS2. The summed E-state index contributed by atoms with van der Waals surface area (Å²) in [6.45, 7) is 2.01. The Morgan fingerprint density at radius 1 is 1.63 bits per heavy atom. The fourth-order valence-electron chi connectivity index (χ4n) is 1.84. The maximum Gasteiger partial charge on any atom is 0.362 e. The molecule has 1 atom stereocenters. The molecule has 0 spiro atoms. The van der Waals surface area contributed by atoms with Crippen LogP contribution < -0.4 is 5.73 Å². The Morgan fingerprint density at radius 3 is 2.89 bits per heavy atom. The number of nitrogen functional groups attached to an aromatic ring is 1. The molecule has 0 amide bonds. The molecule has 19 heavy (non-hydrogen) atoms. The highest BCUT2D eigenvalue weighted by molar-refractivity contribution is 7.80. The molecule has 0 bridgehead atoms. The van der Waals surface area contributed by atoms with Gasteiger partial charge in [0.2, 0.25) is 0 Å². The monoisotopic (exact) mass is 320 g/mol. The van der Waals surface area contributed by atoms with Crippen molar-refractivity contribution in [2.45, 2.75) is 19.3 Å². The van der Waals surface area contributed by atoms with Crippen LogP contribution in [-0.4, -0.2) is 26.0 Å². The molecule has 1 aliphatic carbocycles. The van der Waals surface area contributed by atoms with Crippen LogP contribution in [0.2, 0.25) is 0 Å². The van der Waals surface area contributed by atoms with Gasteiger partial charge in [-0.05, 0) is 12.5 Å².